The SMILES string of the molecule is O=C(O)CC(NC(=O)C1CCCN1)C(=O)N1CCCC1C(=O)O. The Kier molecular flexibility index (Phi) is 5.54. The van der Waals surface area contributed by atoms with Crippen LogP contribution >= 0.6 is 0 Å². The van der Waals surface area contributed by atoms with Gasteiger partial charge in [0.25, 0.3) is 0 Å². The third-order valence-electron chi connectivity index (χ3n) is 4.19. The van der Waals surface area contributed by atoms with Crippen LogP contribution < -0.4 is 10.6 Å². The van der Waals surface area contributed by atoms with Gasteiger partial charge in [-0.2, -0.15) is 0 Å². The number of carboxylic acid groups (broad SMARTS) is 2. The molecule has 2 aliphatic heterocycles. The lowest BCUT2D eigenvalue weighted by atomic mass is 10.1. The molecule has 3 unspecified atom stereocenters. The van der Waals surface area contributed by atoms with E-state index in [2.05, 4.69) is 10.6 Å². The van der Waals surface area contributed by atoms with Gasteiger partial charge in [0, 0.05) is 6.54 Å². The van der Waals surface area contributed by atoms with Gasteiger partial charge < -0.3 is 25.7 Å². The lowest BCUT2D eigenvalue weighted by Gasteiger charge is -2.27. The fourth-order valence-electron chi connectivity index (χ4n) is 3.04. The van der Waals surface area contributed by atoms with Crippen molar-refractivity contribution in [1.29, 1.82) is 0 Å². The van der Waals surface area contributed by atoms with E-state index in [0.29, 0.717) is 25.8 Å². The molecule has 0 aromatic carbocycles. The topological polar surface area (TPSA) is 136 Å². The van der Waals surface area contributed by atoms with Crippen LogP contribution in [-0.2, 0) is 19.2 Å². The quantitative estimate of drug-likeness (QED) is 0.480. The van der Waals surface area contributed by atoms with E-state index in [9.17, 15) is 19.2 Å². The van der Waals surface area contributed by atoms with Crippen molar-refractivity contribution in [2.45, 2.75) is 50.2 Å². The van der Waals surface area contributed by atoms with E-state index in [0.717, 1.165) is 11.3 Å². The Hall–Kier alpha value is -2.16. The van der Waals surface area contributed by atoms with Crippen LogP contribution in [0.4, 0.5) is 0 Å². The molecule has 2 aliphatic rings. The molecule has 0 saturated carbocycles. The van der Waals surface area contributed by atoms with Crippen molar-refractivity contribution in [3.05, 3.63) is 0 Å². The number of rotatable bonds is 6. The molecule has 0 bridgehead atoms. The van der Waals surface area contributed by atoms with Crippen LogP contribution in [0.25, 0.3) is 0 Å². The number of amides is 2. The first-order chi connectivity index (χ1) is 10.9. The van der Waals surface area contributed by atoms with E-state index in [1.807, 2.05) is 0 Å². The molecule has 2 saturated heterocycles. The highest BCUT2D eigenvalue weighted by Gasteiger charge is 2.39. The summed E-state index contributed by atoms with van der Waals surface area (Å²) in [6.07, 6.45) is 1.77. The third-order valence-corrected chi connectivity index (χ3v) is 4.19. The Balaban J connectivity index is 2.07. The molecule has 3 atom stereocenters. The van der Waals surface area contributed by atoms with E-state index >= 15 is 0 Å². The zero-order valence-electron chi connectivity index (χ0n) is 12.7. The van der Waals surface area contributed by atoms with Crippen LogP contribution in [0.1, 0.15) is 32.1 Å². The number of carbonyl (C=O) groups excluding carboxylic acids is 2. The van der Waals surface area contributed by atoms with Crippen LogP contribution in [0, 0.1) is 0 Å². The fourth-order valence-corrected chi connectivity index (χ4v) is 3.04. The molecule has 2 rings (SSSR count). The number of carboxylic acids is 2. The Labute approximate surface area is 133 Å². The average molecular weight is 327 g/mol. The van der Waals surface area contributed by atoms with Crippen molar-refractivity contribution < 1.29 is 29.4 Å². The summed E-state index contributed by atoms with van der Waals surface area (Å²) in [5.74, 6) is -3.42. The minimum atomic E-state index is -1.25. The van der Waals surface area contributed by atoms with Crippen molar-refractivity contribution in [1.82, 2.24) is 15.5 Å². The molecular weight excluding hydrogens is 306 g/mol. The molecule has 0 aromatic rings. The molecule has 2 fully saturated rings. The minimum Gasteiger partial charge on any atom is -0.481 e. The lowest BCUT2D eigenvalue weighted by molar-refractivity contribution is -0.150. The van der Waals surface area contributed by atoms with Crippen LogP contribution in [-0.4, -0.2) is 70.1 Å². The fraction of sp³-hybridized carbons (Fsp3) is 0.714. The van der Waals surface area contributed by atoms with Crippen molar-refractivity contribution in [3.63, 3.8) is 0 Å². The molecule has 2 amide bonds. The van der Waals surface area contributed by atoms with E-state index < -0.39 is 48.3 Å². The Morgan fingerprint density at radius 2 is 1.91 bits per heavy atom. The summed E-state index contributed by atoms with van der Waals surface area (Å²) in [6, 6.07) is -2.64. The van der Waals surface area contributed by atoms with Gasteiger partial charge in [-0.05, 0) is 32.2 Å². The third kappa shape index (κ3) is 4.19. The predicted molar refractivity (Wildman–Crippen MR) is 77.6 cm³/mol. The number of hydrogen-bond acceptors (Lipinski definition) is 5. The molecule has 9 nitrogen and oxygen atoms in total. The zero-order valence-corrected chi connectivity index (χ0v) is 12.7. The van der Waals surface area contributed by atoms with Crippen molar-refractivity contribution in [3.8, 4) is 0 Å². The summed E-state index contributed by atoms with van der Waals surface area (Å²) in [6.45, 7) is 0.951. The monoisotopic (exact) mass is 327 g/mol. The van der Waals surface area contributed by atoms with Crippen LogP contribution in [0.3, 0.4) is 0 Å². The second-order valence-corrected chi connectivity index (χ2v) is 5.84. The van der Waals surface area contributed by atoms with Crippen molar-refractivity contribution in [2.24, 2.45) is 0 Å². The molecule has 0 aliphatic carbocycles. The molecule has 128 valence electrons. The Bertz CT molecular complexity index is 503. The highest BCUT2D eigenvalue weighted by atomic mass is 16.4. The van der Waals surface area contributed by atoms with Crippen LogP contribution in [0.15, 0.2) is 0 Å². The molecule has 0 radical (unpaired) electrons. The second kappa shape index (κ2) is 7.40. The maximum absolute atomic E-state index is 12.5. The Morgan fingerprint density at radius 1 is 1.17 bits per heavy atom. The van der Waals surface area contributed by atoms with E-state index in [1.54, 1.807) is 0 Å². The normalized spacial score (nSPS) is 25.1. The first-order valence-electron chi connectivity index (χ1n) is 7.69. The predicted octanol–water partition coefficient (Wildman–Crippen LogP) is -1.23. The number of nitrogens with one attached hydrogen (secondary N) is 2. The maximum Gasteiger partial charge on any atom is 0.326 e. The van der Waals surface area contributed by atoms with Gasteiger partial charge in [-0.3, -0.25) is 14.4 Å². The average Bonchev–Trinajstić information content (AvgIpc) is 3.16. The molecule has 23 heavy (non-hydrogen) atoms. The van der Waals surface area contributed by atoms with Crippen molar-refractivity contribution in [2.75, 3.05) is 13.1 Å². The summed E-state index contributed by atoms with van der Waals surface area (Å²) >= 11 is 0. The van der Waals surface area contributed by atoms with Crippen molar-refractivity contribution >= 4 is 23.8 Å². The molecule has 0 spiro atoms. The van der Waals surface area contributed by atoms with Gasteiger partial charge in [-0.1, -0.05) is 0 Å². The van der Waals surface area contributed by atoms with Gasteiger partial charge in [0.2, 0.25) is 11.8 Å². The first-order valence-corrected chi connectivity index (χ1v) is 7.69. The van der Waals surface area contributed by atoms with E-state index in [-0.39, 0.29) is 6.54 Å². The van der Waals surface area contributed by atoms with Gasteiger partial charge >= 0.3 is 11.9 Å². The highest BCUT2D eigenvalue weighted by molar-refractivity contribution is 5.94. The van der Waals surface area contributed by atoms with Crippen LogP contribution in [0.5, 0.6) is 0 Å². The maximum atomic E-state index is 12.5. The van der Waals surface area contributed by atoms with Gasteiger partial charge in [-0.15, -0.1) is 0 Å². The molecular formula is C14H21N3O6. The molecule has 9 heteroatoms. The summed E-state index contributed by atoms with van der Waals surface area (Å²) in [4.78, 5) is 48.0. The van der Waals surface area contributed by atoms with Gasteiger partial charge in [0.15, 0.2) is 0 Å². The standard InChI is InChI=1S/C14H21N3O6/c18-11(19)7-9(16-12(20)8-3-1-5-15-8)13(21)17-6-2-4-10(17)14(22)23/h8-10,15H,1-7H2,(H,16,20)(H,18,19)(H,22,23). The summed E-state index contributed by atoms with van der Waals surface area (Å²) < 4.78 is 0. The highest BCUT2D eigenvalue weighted by Crippen LogP contribution is 2.19. The summed E-state index contributed by atoms with van der Waals surface area (Å²) in [5, 5.41) is 23.6. The number of nitrogens with zero attached hydrogens (tertiary/aromatic N) is 1. The van der Waals surface area contributed by atoms with Gasteiger partial charge in [0.1, 0.15) is 12.1 Å². The van der Waals surface area contributed by atoms with E-state index in [1.165, 1.54) is 0 Å². The number of carbonyl (C=O) groups is 4. The zero-order chi connectivity index (χ0) is 17.0. The first kappa shape index (κ1) is 17.2. The Morgan fingerprint density at radius 3 is 2.48 bits per heavy atom. The smallest absolute Gasteiger partial charge is 0.326 e. The van der Waals surface area contributed by atoms with Gasteiger partial charge in [0.05, 0.1) is 12.5 Å². The number of hydrogen-bond donors (Lipinski definition) is 4. The minimum absolute atomic E-state index is 0.253. The molecule has 2 heterocycles. The largest absolute Gasteiger partial charge is 0.481 e. The lowest BCUT2D eigenvalue weighted by Crippen LogP contribution is -2.55. The van der Waals surface area contributed by atoms with Gasteiger partial charge in [-0.25, -0.2) is 4.79 Å². The number of likely N-dealkylation sites (tertiary alicyclic amines) is 1. The molecule has 0 aromatic heterocycles. The van der Waals surface area contributed by atoms with E-state index in [4.69, 9.17) is 10.2 Å². The number of aliphatic carboxylic acids is 2. The summed E-state index contributed by atoms with van der Waals surface area (Å²) in [7, 11) is 0. The second-order valence-electron chi connectivity index (χ2n) is 5.84. The molecule has 4 N–H and O–H groups in total. The van der Waals surface area contributed by atoms with Crippen LogP contribution in [0.2, 0.25) is 0 Å². The summed E-state index contributed by atoms with van der Waals surface area (Å²) in [5.41, 5.74) is 0.